The lowest BCUT2D eigenvalue weighted by Crippen LogP contribution is -2.57. The van der Waals surface area contributed by atoms with E-state index in [2.05, 4.69) is 11.0 Å². The van der Waals surface area contributed by atoms with Crippen LogP contribution in [0.4, 0.5) is 5.69 Å². The van der Waals surface area contributed by atoms with E-state index in [1.807, 2.05) is 18.2 Å². The van der Waals surface area contributed by atoms with E-state index in [9.17, 15) is 0 Å². The van der Waals surface area contributed by atoms with Crippen molar-refractivity contribution in [1.29, 1.82) is 0 Å². The average molecular weight is 210 g/mol. The van der Waals surface area contributed by atoms with Crippen molar-refractivity contribution in [2.24, 2.45) is 0 Å². The molecule has 0 aliphatic carbocycles. The van der Waals surface area contributed by atoms with E-state index in [0.717, 1.165) is 18.1 Å². The van der Waals surface area contributed by atoms with Gasteiger partial charge >= 0.3 is 0 Å². The molecule has 2 atom stereocenters. The second kappa shape index (κ2) is 3.14. The Morgan fingerprint density at radius 2 is 2.00 bits per heavy atom. The molecule has 2 unspecified atom stereocenters. The lowest BCUT2D eigenvalue weighted by atomic mass is 9.98. The van der Waals surface area contributed by atoms with Crippen LogP contribution < -0.4 is 4.90 Å². The van der Waals surface area contributed by atoms with E-state index < -0.39 is 0 Å². The number of nitrogens with zero attached hydrogens (tertiary/aromatic N) is 1. The number of halogens is 1. The first-order chi connectivity index (χ1) is 6.81. The summed E-state index contributed by atoms with van der Waals surface area (Å²) in [6.07, 6.45) is 2.14. The van der Waals surface area contributed by atoms with Crippen LogP contribution in [0.15, 0.2) is 24.3 Å². The van der Waals surface area contributed by atoms with Gasteiger partial charge in [-0.1, -0.05) is 17.7 Å². The maximum Gasteiger partial charge on any atom is 0.0780 e. The SMILES string of the molecule is Clc1cccc(N2CC3CC(C2)O3)c1. The molecule has 1 aromatic rings. The first kappa shape index (κ1) is 8.57. The highest BCUT2D eigenvalue weighted by Crippen LogP contribution is 2.31. The largest absolute Gasteiger partial charge is 0.371 e. The fourth-order valence-electron chi connectivity index (χ4n) is 2.24. The molecular formula is C11H12ClNO. The molecule has 0 aromatic heterocycles. The van der Waals surface area contributed by atoms with Gasteiger partial charge in [0, 0.05) is 30.2 Å². The molecule has 3 fully saturated rings. The number of rotatable bonds is 1. The van der Waals surface area contributed by atoms with Gasteiger partial charge in [0.1, 0.15) is 0 Å². The number of anilines is 1. The zero-order valence-corrected chi connectivity index (χ0v) is 8.57. The minimum Gasteiger partial charge on any atom is -0.371 e. The van der Waals surface area contributed by atoms with Crippen LogP contribution in [0.5, 0.6) is 0 Å². The van der Waals surface area contributed by atoms with E-state index in [4.69, 9.17) is 16.3 Å². The third-order valence-corrected chi connectivity index (χ3v) is 3.17. The summed E-state index contributed by atoms with van der Waals surface area (Å²) in [5.74, 6) is 0. The topological polar surface area (TPSA) is 12.5 Å². The normalized spacial score (nSPS) is 29.9. The Morgan fingerprint density at radius 3 is 2.64 bits per heavy atom. The second-order valence-electron chi connectivity index (χ2n) is 4.00. The van der Waals surface area contributed by atoms with Gasteiger partial charge in [0.25, 0.3) is 0 Å². The Morgan fingerprint density at radius 1 is 1.29 bits per heavy atom. The molecule has 3 aliphatic heterocycles. The first-order valence-corrected chi connectivity index (χ1v) is 5.35. The molecular weight excluding hydrogens is 198 g/mol. The van der Waals surface area contributed by atoms with Gasteiger partial charge < -0.3 is 9.64 Å². The van der Waals surface area contributed by atoms with Crippen LogP contribution in [-0.4, -0.2) is 25.3 Å². The van der Waals surface area contributed by atoms with Crippen molar-refractivity contribution in [1.82, 2.24) is 0 Å². The Bertz CT molecular complexity index is 339. The standard InChI is InChI=1S/C11H12ClNO/c12-8-2-1-3-9(4-8)13-6-10-5-11(7-13)14-10/h1-4,10-11H,5-7H2. The van der Waals surface area contributed by atoms with Crippen LogP contribution in [0.1, 0.15) is 6.42 Å². The second-order valence-corrected chi connectivity index (χ2v) is 4.44. The van der Waals surface area contributed by atoms with Gasteiger partial charge in [-0.15, -0.1) is 0 Å². The molecule has 1 aromatic carbocycles. The van der Waals surface area contributed by atoms with Gasteiger partial charge in [-0.3, -0.25) is 0 Å². The number of hydrogen-bond acceptors (Lipinski definition) is 2. The van der Waals surface area contributed by atoms with Crippen molar-refractivity contribution in [2.75, 3.05) is 18.0 Å². The molecule has 0 radical (unpaired) electrons. The fraction of sp³-hybridized carbons (Fsp3) is 0.455. The maximum absolute atomic E-state index is 5.95. The molecule has 3 heterocycles. The summed E-state index contributed by atoms with van der Waals surface area (Å²) in [6.45, 7) is 2.02. The van der Waals surface area contributed by atoms with E-state index in [1.165, 1.54) is 12.1 Å². The van der Waals surface area contributed by atoms with E-state index >= 15 is 0 Å². The van der Waals surface area contributed by atoms with Crippen LogP contribution in [0.25, 0.3) is 0 Å². The van der Waals surface area contributed by atoms with Crippen LogP contribution in [0.3, 0.4) is 0 Å². The Hall–Kier alpha value is -0.730. The van der Waals surface area contributed by atoms with Crippen molar-refractivity contribution in [3.05, 3.63) is 29.3 Å². The van der Waals surface area contributed by atoms with Crippen LogP contribution >= 0.6 is 11.6 Å². The third kappa shape index (κ3) is 1.39. The zero-order chi connectivity index (χ0) is 9.54. The van der Waals surface area contributed by atoms with Gasteiger partial charge in [0.2, 0.25) is 0 Å². The minimum absolute atomic E-state index is 0.452. The average Bonchev–Trinajstić information content (AvgIpc) is 2.17. The monoisotopic (exact) mass is 209 g/mol. The Balaban J connectivity index is 1.82. The number of piperidine rings is 1. The van der Waals surface area contributed by atoms with Gasteiger partial charge in [0.15, 0.2) is 0 Å². The van der Waals surface area contributed by atoms with Crippen LogP contribution in [-0.2, 0) is 4.74 Å². The third-order valence-electron chi connectivity index (χ3n) is 2.93. The summed E-state index contributed by atoms with van der Waals surface area (Å²) in [4.78, 5) is 2.36. The van der Waals surface area contributed by atoms with E-state index in [0.29, 0.717) is 12.2 Å². The zero-order valence-electron chi connectivity index (χ0n) is 7.82. The quantitative estimate of drug-likeness (QED) is 0.704. The lowest BCUT2D eigenvalue weighted by molar-refractivity contribution is -0.133. The minimum atomic E-state index is 0.452. The van der Waals surface area contributed by atoms with Crippen LogP contribution in [0, 0.1) is 0 Å². The van der Waals surface area contributed by atoms with E-state index in [1.54, 1.807) is 0 Å². The van der Waals surface area contributed by atoms with Crippen molar-refractivity contribution in [3.63, 3.8) is 0 Å². The highest BCUT2D eigenvalue weighted by Gasteiger charge is 2.38. The fourth-order valence-corrected chi connectivity index (χ4v) is 2.42. The van der Waals surface area contributed by atoms with Gasteiger partial charge in [-0.05, 0) is 18.2 Å². The summed E-state index contributed by atoms with van der Waals surface area (Å²) in [5.41, 5.74) is 1.22. The maximum atomic E-state index is 5.95. The molecule has 2 nitrogen and oxygen atoms in total. The predicted molar refractivity (Wildman–Crippen MR) is 56.9 cm³/mol. The van der Waals surface area contributed by atoms with Gasteiger partial charge in [-0.25, -0.2) is 0 Å². The highest BCUT2D eigenvalue weighted by atomic mass is 35.5. The van der Waals surface area contributed by atoms with Crippen molar-refractivity contribution in [3.8, 4) is 0 Å². The highest BCUT2D eigenvalue weighted by molar-refractivity contribution is 6.30. The lowest BCUT2D eigenvalue weighted by Gasteiger charge is -2.48. The Labute approximate surface area is 88.4 Å². The molecule has 0 spiro atoms. The molecule has 2 bridgehead atoms. The summed E-state index contributed by atoms with van der Waals surface area (Å²) in [7, 11) is 0. The molecule has 3 heteroatoms. The predicted octanol–water partition coefficient (Wildman–Crippen LogP) is 2.32. The Kier molecular flexibility index (Phi) is 1.92. The number of hydrogen-bond donors (Lipinski definition) is 0. The summed E-state index contributed by atoms with van der Waals surface area (Å²) in [5, 5.41) is 0.808. The molecule has 14 heavy (non-hydrogen) atoms. The smallest absolute Gasteiger partial charge is 0.0780 e. The van der Waals surface area contributed by atoms with Crippen molar-refractivity contribution >= 4 is 17.3 Å². The number of morpholine rings is 1. The van der Waals surface area contributed by atoms with Crippen molar-refractivity contribution < 1.29 is 4.74 Å². The summed E-state index contributed by atoms with van der Waals surface area (Å²) >= 11 is 5.95. The van der Waals surface area contributed by atoms with Gasteiger partial charge in [-0.2, -0.15) is 0 Å². The van der Waals surface area contributed by atoms with Crippen LogP contribution in [0.2, 0.25) is 5.02 Å². The summed E-state index contributed by atoms with van der Waals surface area (Å²) in [6, 6.07) is 8.04. The molecule has 0 saturated carbocycles. The molecule has 0 N–H and O–H groups in total. The number of fused-ring (bicyclic) bond motifs is 2. The van der Waals surface area contributed by atoms with Crippen molar-refractivity contribution in [2.45, 2.75) is 18.6 Å². The molecule has 3 saturated heterocycles. The molecule has 74 valence electrons. The number of ether oxygens (including phenoxy) is 1. The number of benzene rings is 1. The summed E-state index contributed by atoms with van der Waals surface area (Å²) < 4.78 is 5.58. The molecule has 4 rings (SSSR count). The first-order valence-electron chi connectivity index (χ1n) is 4.97. The molecule has 3 aliphatic rings. The molecule has 0 amide bonds. The van der Waals surface area contributed by atoms with E-state index in [-0.39, 0.29) is 0 Å². The van der Waals surface area contributed by atoms with Gasteiger partial charge in [0.05, 0.1) is 12.2 Å².